The Bertz CT molecular complexity index is 1610. The molecule has 0 bridgehead atoms. The molecule has 0 spiro atoms. The monoisotopic (exact) mass is 513 g/mol. The molecule has 0 saturated carbocycles. The first-order chi connectivity index (χ1) is 18.6. The van der Waals surface area contributed by atoms with Crippen LogP contribution >= 0.6 is 0 Å². The van der Waals surface area contributed by atoms with Crippen LogP contribution in [0.25, 0.3) is 17.2 Å². The molecule has 9 nitrogen and oxygen atoms in total. The summed E-state index contributed by atoms with van der Waals surface area (Å²) in [6.45, 7) is 2.91. The minimum Gasteiger partial charge on any atom is -0.481 e. The average Bonchev–Trinajstić information content (AvgIpc) is 3.43. The molecule has 0 aliphatic carbocycles. The van der Waals surface area contributed by atoms with Crippen molar-refractivity contribution in [2.24, 2.45) is 0 Å². The van der Waals surface area contributed by atoms with E-state index in [4.69, 9.17) is 19.0 Å². The van der Waals surface area contributed by atoms with E-state index in [2.05, 4.69) is 15.0 Å². The predicted octanol–water partition coefficient (Wildman–Crippen LogP) is 3.89. The smallest absolute Gasteiger partial charge is 0.301 e. The fourth-order valence-electron chi connectivity index (χ4n) is 4.33. The van der Waals surface area contributed by atoms with Gasteiger partial charge in [0, 0.05) is 19.3 Å². The quantitative estimate of drug-likeness (QED) is 0.324. The number of ether oxygens (including phenoxy) is 2. The molecule has 1 aliphatic heterocycles. The molecule has 2 aromatic carbocycles. The standard InChI is InChI=1S/C28H24FN5O4/c29-21-8-6-19(7-9-21)16-24-31-27(32-38-24)25-26(37-18-20-4-2-1-3-5-20)28(35)34-17-22(10-11-23(34)30-25)33-12-14-36-15-13-33/h1-11,17H,12-16,18H2. The molecule has 1 saturated heterocycles. The lowest BCUT2D eigenvalue weighted by atomic mass is 10.1. The van der Waals surface area contributed by atoms with Crippen LogP contribution in [0.15, 0.2) is 82.2 Å². The van der Waals surface area contributed by atoms with E-state index in [1.165, 1.54) is 16.5 Å². The van der Waals surface area contributed by atoms with Gasteiger partial charge in [-0.15, -0.1) is 0 Å². The third kappa shape index (κ3) is 4.98. The molecule has 0 N–H and O–H groups in total. The number of pyridine rings is 1. The van der Waals surface area contributed by atoms with Crippen LogP contribution in [-0.4, -0.2) is 45.8 Å². The second-order valence-corrected chi connectivity index (χ2v) is 8.90. The Morgan fingerprint density at radius 2 is 1.71 bits per heavy atom. The summed E-state index contributed by atoms with van der Waals surface area (Å²) in [6, 6.07) is 19.3. The van der Waals surface area contributed by atoms with Gasteiger partial charge in [-0.05, 0) is 35.4 Å². The summed E-state index contributed by atoms with van der Waals surface area (Å²) in [5, 5.41) is 4.08. The zero-order valence-electron chi connectivity index (χ0n) is 20.4. The molecule has 1 fully saturated rings. The lowest BCUT2D eigenvalue weighted by Gasteiger charge is -2.28. The zero-order valence-corrected chi connectivity index (χ0v) is 20.4. The van der Waals surface area contributed by atoms with Crippen LogP contribution in [-0.2, 0) is 17.8 Å². The third-order valence-corrected chi connectivity index (χ3v) is 6.32. The van der Waals surface area contributed by atoms with Gasteiger partial charge in [0.05, 0.1) is 25.3 Å². The maximum absolute atomic E-state index is 13.7. The van der Waals surface area contributed by atoms with Gasteiger partial charge < -0.3 is 18.9 Å². The lowest BCUT2D eigenvalue weighted by Crippen LogP contribution is -2.36. The number of morpholine rings is 1. The van der Waals surface area contributed by atoms with Crippen molar-refractivity contribution in [1.82, 2.24) is 19.5 Å². The molecule has 192 valence electrons. The number of hydrogen-bond donors (Lipinski definition) is 0. The predicted molar refractivity (Wildman–Crippen MR) is 138 cm³/mol. The van der Waals surface area contributed by atoms with E-state index in [1.54, 1.807) is 24.4 Å². The van der Waals surface area contributed by atoms with Gasteiger partial charge in [-0.25, -0.2) is 9.37 Å². The Balaban J connectivity index is 1.39. The summed E-state index contributed by atoms with van der Waals surface area (Å²) in [4.78, 5) is 25.1. The van der Waals surface area contributed by atoms with E-state index in [9.17, 15) is 9.18 Å². The molecule has 38 heavy (non-hydrogen) atoms. The normalized spacial score (nSPS) is 13.7. The Labute approximate surface area is 217 Å². The van der Waals surface area contributed by atoms with Gasteiger partial charge in [0.15, 0.2) is 5.69 Å². The van der Waals surface area contributed by atoms with Crippen LogP contribution in [0.3, 0.4) is 0 Å². The minimum atomic E-state index is -0.374. The second-order valence-electron chi connectivity index (χ2n) is 8.90. The number of benzene rings is 2. The molecular weight excluding hydrogens is 489 g/mol. The van der Waals surface area contributed by atoms with Crippen LogP contribution in [0.5, 0.6) is 5.75 Å². The first-order valence-corrected chi connectivity index (χ1v) is 12.3. The van der Waals surface area contributed by atoms with Crippen molar-refractivity contribution in [3.05, 3.63) is 106 Å². The first kappa shape index (κ1) is 23.8. The second kappa shape index (κ2) is 10.4. The van der Waals surface area contributed by atoms with E-state index in [1.807, 2.05) is 36.4 Å². The van der Waals surface area contributed by atoms with Crippen LogP contribution < -0.4 is 15.2 Å². The van der Waals surface area contributed by atoms with Crippen molar-refractivity contribution >= 4 is 11.3 Å². The topological polar surface area (TPSA) is 95.0 Å². The molecule has 1 aliphatic rings. The molecule has 10 heteroatoms. The summed E-state index contributed by atoms with van der Waals surface area (Å²) in [7, 11) is 0. The van der Waals surface area contributed by atoms with Crippen LogP contribution in [0.4, 0.5) is 10.1 Å². The number of nitrogens with zero attached hydrogens (tertiary/aromatic N) is 5. The molecule has 0 radical (unpaired) electrons. The lowest BCUT2D eigenvalue weighted by molar-refractivity contribution is 0.122. The summed E-state index contributed by atoms with van der Waals surface area (Å²) >= 11 is 0. The van der Waals surface area contributed by atoms with Gasteiger partial charge in [-0.1, -0.05) is 47.6 Å². The summed E-state index contributed by atoms with van der Waals surface area (Å²) in [5.74, 6) is 0.157. The number of fused-ring (bicyclic) bond motifs is 1. The fourth-order valence-corrected chi connectivity index (χ4v) is 4.33. The minimum absolute atomic E-state index is 0.0274. The van der Waals surface area contributed by atoms with Gasteiger partial charge in [0.1, 0.15) is 18.1 Å². The Kier molecular flexibility index (Phi) is 6.53. The van der Waals surface area contributed by atoms with Crippen molar-refractivity contribution in [2.45, 2.75) is 13.0 Å². The van der Waals surface area contributed by atoms with Gasteiger partial charge in [0.2, 0.25) is 17.5 Å². The van der Waals surface area contributed by atoms with Crippen molar-refractivity contribution in [2.75, 3.05) is 31.2 Å². The summed E-state index contributed by atoms with van der Waals surface area (Å²) in [6.07, 6.45) is 2.08. The van der Waals surface area contributed by atoms with E-state index in [-0.39, 0.29) is 35.3 Å². The maximum Gasteiger partial charge on any atom is 0.301 e. The molecule has 0 atom stereocenters. The van der Waals surface area contributed by atoms with E-state index < -0.39 is 0 Å². The highest BCUT2D eigenvalue weighted by molar-refractivity contribution is 5.63. The SMILES string of the molecule is O=c1c(OCc2ccccc2)c(-c2noc(Cc3ccc(F)cc3)n2)nc2ccc(N3CCOCC3)cn12. The summed E-state index contributed by atoms with van der Waals surface area (Å²) in [5.41, 5.74) is 2.85. The molecule has 0 unspecified atom stereocenters. The van der Waals surface area contributed by atoms with Crippen molar-refractivity contribution in [3.63, 3.8) is 0 Å². The van der Waals surface area contributed by atoms with E-state index in [0.717, 1.165) is 29.9 Å². The van der Waals surface area contributed by atoms with Gasteiger partial charge in [-0.2, -0.15) is 4.98 Å². The summed E-state index contributed by atoms with van der Waals surface area (Å²) < 4.78 is 31.7. The number of anilines is 1. The number of aromatic nitrogens is 4. The molecule has 0 amide bonds. The van der Waals surface area contributed by atoms with Crippen LogP contribution in [0, 0.1) is 5.82 Å². The number of halogens is 1. The highest BCUT2D eigenvalue weighted by atomic mass is 19.1. The third-order valence-electron chi connectivity index (χ3n) is 6.32. The molecule has 4 heterocycles. The Morgan fingerprint density at radius 3 is 2.50 bits per heavy atom. The molecular formula is C28H24FN5O4. The maximum atomic E-state index is 13.7. The largest absolute Gasteiger partial charge is 0.481 e. The highest BCUT2D eigenvalue weighted by Crippen LogP contribution is 2.26. The van der Waals surface area contributed by atoms with Crippen molar-refractivity contribution < 1.29 is 18.4 Å². The fraction of sp³-hybridized carbons (Fsp3) is 0.214. The molecule has 6 rings (SSSR count). The highest BCUT2D eigenvalue weighted by Gasteiger charge is 2.22. The van der Waals surface area contributed by atoms with E-state index in [0.29, 0.717) is 31.2 Å². The average molecular weight is 514 g/mol. The van der Waals surface area contributed by atoms with Gasteiger partial charge in [0.25, 0.3) is 0 Å². The first-order valence-electron chi connectivity index (χ1n) is 12.3. The van der Waals surface area contributed by atoms with Crippen LogP contribution in [0.2, 0.25) is 0 Å². The zero-order chi connectivity index (χ0) is 25.9. The Morgan fingerprint density at radius 1 is 0.921 bits per heavy atom. The van der Waals surface area contributed by atoms with E-state index >= 15 is 0 Å². The van der Waals surface area contributed by atoms with Gasteiger partial charge in [-0.3, -0.25) is 9.20 Å². The van der Waals surface area contributed by atoms with Crippen molar-refractivity contribution in [1.29, 1.82) is 0 Å². The number of rotatable bonds is 7. The van der Waals surface area contributed by atoms with Gasteiger partial charge >= 0.3 is 5.56 Å². The number of hydrogen-bond acceptors (Lipinski definition) is 8. The molecule has 5 aromatic rings. The Hall–Kier alpha value is -4.57. The van der Waals surface area contributed by atoms with Crippen LogP contribution in [0.1, 0.15) is 17.0 Å². The molecule has 3 aromatic heterocycles. The van der Waals surface area contributed by atoms with Crippen molar-refractivity contribution in [3.8, 4) is 17.3 Å².